The van der Waals surface area contributed by atoms with Gasteiger partial charge < -0.3 is 5.73 Å². The van der Waals surface area contributed by atoms with Crippen LogP contribution < -0.4 is 5.73 Å². The Morgan fingerprint density at radius 3 is 2.85 bits per heavy atom. The van der Waals surface area contributed by atoms with E-state index in [0.717, 1.165) is 21.2 Å². The molecule has 0 spiro atoms. The average Bonchev–Trinajstić information content (AvgIpc) is 2.12. The van der Waals surface area contributed by atoms with E-state index in [-0.39, 0.29) is 0 Å². The van der Waals surface area contributed by atoms with E-state index in [1.807, 2.05) is 12.1 Å². The molecule has 0 radical (unpaired) electrons. The van der Waals surface area contributed by atoms with Crippen molar-refractivity contribution in [3.05, 3.63) is 26.8 Å². The second-order valence-electron chi connectivity index (χ2n) is 3.31. The molecule has 1 aliphatic rings. The summed E-state index contributed by atoms with van der Waals surface area (Å²) in [5.41, 5.74) is 9.10. The van der Waals surface area contributed by atoms with Crippen LogP contribution in [0.5, 0.6) is 0 Å². The van der Waals surface area contributed by atoms with Crippen LogP contribution in [0.15, 0.2) is 12.1 Å². The third-order valence-electron chi connectivity index (χ3n) is 2.44. The second kappa shape index (κ2) is 3.29. The third kappa shape index (κ3) is 1.57. The van der Waals surface area contributed by atoms with Gasteiger partial charge in [-0.05, 0) is 46.2 Å². The number of hydrogen-bond acceptors (Lipinski definition) is 2. The zero-order chi connectivity index (χ0) is 9.42. The molecule has 0 aromatic heterocycles. The Bertz CT molecular complexity index is 373. The maximum Gasteiger partial charge on any atom is 0.137 e. The van der Waals surface area contributed by atoms with Crippen molar-refractivity contribution in [2.45, 2.75) is 19.3 Å². The van der Waals surface area contributed by atoms with Gasteiger partial charge >= 0.3 is 0 Å². The third-order valence-corrected chi connectivity index (χ3v) is 3.38. The number of nitrogen functional groups attached to an aromatic ring is 1. The van der Waals surface area contributed by atoms with Gasteiger partial charge in [0.05, 0.1) is 0 Å². The quantitative estimate of drug-likeness (QED) is 0.585. The Hall–Kier alpha value is -0.580. The zero-order valence-corrected chi connectivity index (χ0v) is 9.30. The smallest absolute Gasteiger partial charge is 0.137 e. The number of hydrogen-bond donors (Lipinski definition) is 1. The minimum atomic E-state index is 0.327. The summed E-state index contributed by atoms with van der Waals surface area (Å²) in [4.78, 5) is 11.2. The van der Waals surface area contributed by atoms with Crippen molar-refractivity contribution in [2.75, 3.05) is 5.73 Å². The molecule has 0 saturated carbocycles. The van der Waals surface area contributed by atoms with Crippen molar-refractivity contribution in [1.82, 2.24) is 0 Å². The summed E-state index contributed by atoms with van der Waals surface area (Å²) >= 11 is 2.23. The van der Waals surface area contributed by atoms with Crippen LogP contribution in [0.4, 0.5) is 5.69 Å². The lowest BCUT2D eigenvalue weighted by Gasteiger charge is -2.17. The predicted octanol–water partition coefficient (Wildman–Crippen LogP) is 1.93. The number of anilines is 1. The summed E-state index contributed by atoms with van der Waals surface area (Å²) in [5.74, 6) is 0.327. The number of carbonyl (C=O) groups excluding carboxylic acids is 1. The minimum Gasteiger partial charge on any atom is -0.398 e. The molecule has 0 amide bonds. The van der Waals surface area contributed by atoms with Crippen LogP contribution in [0.2, 0.25) is 0 Å². The maximum atomic E-state index is 11.2. The normalized spacial score (nSPS) is 15.6. The Balaban J connectivity index is 2.53. The van der Waals surface area contributed by atoms with E-state index in [2.05, 4.69) is 22.6 Å². The molecule has 0 aliphatic heterocycles. The molecule has 1 aromatic rings. The van der Waals surface area contributed by atoms with Gasteiger partial charge in [0, 0.05) is 22.1 Å². The summed E-state index contributed by atoms with van der Waals surface area (Å²) in [7, 11) is 0. The first-order chi connectivity index (χ1) is 6.18. The van der Waals surface area contributed by atoms with Gasteiger partial charge in [-0.3, -0.25) is 4.79 Å². The number of carbonyl (C=O) groups is 1. The Labute approximate surface area is 90.6 Å². The topological polar surface area (TPSA) is 43.1 Å². The molecule has 68 valence electrons. The summed E-state index contributed by atoms with van der Waals surface area (Å²) in [5, 5.41) is 0. The van der Waals surface area contributed by atoms with Gasteiger partial charge in [-0.2, -0.15) is 0 Å². The molecule has 2 nitrogen and oxygen atoms in total. The lowest BCUT2D eigenvalue weighted by molar-refractivity contribution is -0.118. The first-order valence-electron chi connectivity index (χ1n) is 4.26. The van der Waals surface area contributed by atoms with Crippen molar-refractivity contribution in [3.63, 3.8) is 0 Å². The highest BCUT2D eigenvalue weighted by Gasteiger charge is 2.18. The number of rotatable bonds is 0. The lowest BCUT2D eigenvalue weighted by Crippen LogP contribution is -2.15. The fourth-order valence-corrected chi connectivity index (χ4v) is 2.21. The first-order valence-corrected chi connectivity index (χ1v) is 5.34. The fourth-order valence-electron chi connectivity index (χ4n) is 1.71. The molecular formula is C10H10INO. The van der Waals surface area contributed by atoms with E-state index in [0.29, 0.717) is 18.6 Å². The van der Waals surface area contributed by atoms with Crippen LogP contribution in [0.1, 0.15) is 17.5 Å². The summed E-state index contributed by atoms with van der Waals surface area (Å²) < 4.78 is 1.09. The van der Waals surface area contributed by atoms with Gasteiger partial charge in [0.15, 0.2) is 0 Å². The van der Waals surface area contributed by atoms with Crippen LogP contribution in [0.3, 0.4) is 0 Å². The van der Waals surface area contributed by atoms with Crippen molar-refractivity contribution >= 4 is 34.1 Å². The molecule has 0 unspecified atom stereocenters. The Morgan fingerprint density at radius 2 is 2.08 bits per heavy atom. The number of nitrogens with two attached hydrogens (primary N) is 1. The Morgan fingerprint density at radius 1 is 1.31 bits per heavy atom. The monoisotopic (exact) mass is 287 g/mol. The van der Waals surface area contributed by atoms with Crippen molar-refractivity contribution in [3.8, 4) is 0 Å². The number of halogens is 1. The highest BCUT2D eigenvalue weighted by Crippen LogP contribution is 2.28. The summed E-state index contributed by atoms with van der Waals surface area (Å²) in [6, 6.07) is 4.00. The Kier molecular flexibility index (Phi) is 2.27. The largest absolute Gasteiger partial charge is 0.398 e. The van der Waals surface area contributed by atoms with Crippen LogP contribution in [0.25, 0.3) is 0 Å². The van der Waals surface area contributed by atoms with Gasteiger partial charge in [0.2, 0.25) is 0 Å². The van der Waals surface area contributed by atoms with Crippen molar-refractivity contribution in [1.29, 1.82) is 0 Å². The standard InChI is InChI=1S/C10H10INO/c11-9-4-1-6-5-7(13)2-3-8(6)10(9)12/h1,4H,2-3,5,12H2. The van der Waals surface area contributed by atoms with E-state index < -0.39 is 0 Å². The molecule has 0 saturated heterocycles. The summed E-state index contributed by atoms with van der Waals surface area (Å²) in [6.45, 7) is 0. The van der Waals surface area contributed by atoms with Gasteiger partial charge in [0.25, 0.3) is 0 Å². The minimum absolute atomic E-state index is 0.327. The lowest BCUT2D eigenvalue weighted by atomic mass is 9.90. The SMILES string of the molecule is Nc1c(I)ccc2c1CCC(=O)C2. The fraction of sp³-hybridized carbons (Fsp3) is 0.300. The zero-order valence-electron chi connectivity index (χ0n) is 7.14. The van der Waals surface area contributed by atoms with E-state index in [9.17, 15) is 4.79 Å². The maximum absolute atomic E-state index is 11.2. The van der Waals surface area contributed by atoms with E-state index in [4.69, 9.17) is 5.73 Å². The van der Waals surface area contributed by atoms with Gasteiger partial charge in [-0.15, -0.1) is 0 Å². The van der Waals surface area contributed by atoms with E-state index in [1.165, 1.54) is 5.56 Å². The highest BCUT2D eigenvalue weighted by atomic mass is 127. The molecule has 1 aromatic carbocycles. The first kappa shape index (κ1) is 8.99. The van der Waals surface area contributed by atoms with E-state index in [1.54, 1.807) is 0 Å². The average molecular weight is 287 g/mol. The van der Waals surface area contributed by atoms with Gasteiger partial charge in [-0.25, -0.2) is 0 Å². The van der Waals surface area contributed by atoms with Crippen LogP contribution in [0, 0.1) is 3.57 Å². The molecule has 0 bridgehead atoms. The molecule has 0 fully saturated rings. The molecule has 0 atom stereocenters. The number of Topliss-reactive ketones (excluding diaryl/α,β-unsaturated/α-hetero) is 1. The summed E-state index contributed by atoms with van der Waals surface area (Å²) in [6.07, 6.45) is 2.03. The molecular weight excluding hydrogens is 277 g/mol. The molecule has 13 heavy (non-hydrogen) atoms. The molecule has 3 heteroatoms. The molecule has 2 rings (SSSR count). The molecule has 0 heterocycles. The van der Waals surface area contributed by atoms with Crippen LogP contribution in [-0.4, -0.2) is 5.78 Å². The molecule has 1 aliphatic carbocycles. The van der Waals surface area contributed by atoms with Gasteiger partial charge in [0.1, 0.15) is 5.78 Å². The van der Waals surface area contributed by atoms with Gasteiger partial charge in [-0.1, -0.05) is 6.07 Å². The molecule has 2 N–H and O–H groups in total. The van der Waals surface area contributed by atoms with Crippen molar-refractivity contribution in [2.24, 2.45) is 0 Å². The number of fused-ring (bicyclic) bond motifs is 1. The van der Waals surface area contributed by atoms with Crippen molar-refractivity contribution < 1.29 is 4.79 Å². The van der Waals surface area contributed by atoms with Crippen LogP contribution >= 0.6 is 22.6 Å². The number of benzene rings is 1. The number of ketones is 1. The van der Waals surface area contributed by atoms with E-state index >= 15 is 0 Å². The van der Waals surface area contributed by atoms with Crippen LogP contribution in [-0.2, 0) is 17.6 Å². The highest BCUT2D eigenvalue weighted by molar-refractivity contribution is 14.1. The predicted molar refractivity (Wildman–Crippen MR) is 60.6 cm³/mol. The second-order valence-corrected chi connectivity index (χ2v) is 4.48.